The number of carbonyl (C=O) groups is 1. The van der Waals surface area contributed by atoms with Crippen LogP contribution < -0.4 is 20.1 Å². The lowest BCUT2D eigenvalue weighted by atomic mass is 10.1. The second-order valence-electron chi connectivity index (χ2n) is 5.69. The van der Waals surface area contributed by atoms with Crippen molar-refractivity contribution in [3.05, 3.63) is 47.5 Å². The Morgan fingerprint density at radius 3 is 2.57 bits per heavy atom. The second-order valence-corrected chi connectivity index (χ2v) is 5.69. The van der Waals surface area contributed by atoms with Crippen LogP contribution in [0.15, 0.2) is 36.4 Å². The first kappa shape index (κ1) is 15.2. The van der Waals surface area contributed by atoms with Crippen LogP contribution in [0.25, 0.3) is 0 Å². The SMILES string of the molecule is COc1ccc(C(=O)N2c3cc(N)ccc3C[C@@H]2C)cc1OC. The van der Waals surface area contributed by atoms with Crippen LogP contribution in [0.2, 0.25) is 0 Å². The molecule has 2 aromatic rings. The third-order valence-electron chi connectivity index (χ3n) is 4.17. The minimum atomic E-state index is -0.0668. The summed E-state index contributed by atoms with van der Waals surface area (Å²) >= 11 is 0. The number of amides is 1. The van der Waals surface area contributed by atoms with Gasteiger partial charge in [-0.05, 0) is 49.2 Å². The summed E-state index contributed by atoms with van der Waals surface area (Å²) in [4.78, 5) is 14.8. The molecule has 3 rings (SSSR count). The first-order valence-electron chi connectivity index (χ1n) is 7.49. The first-order chi connectivity index (χ1) is 11.0. The molecule has 0 aliphatic carbocycles. The van der Waals surface area contributed by atoms with E-state index in [9.17, 15) is 4.79 Å². The number of methoxy groups -OCH3 is 2. The summed E-state index contributed by atoms with van der Waals surface area (Å²) in [5.74, 6) is 1.07. The van der Waals surface area contributed by atoms with E-state index in [1.807, 2.05) is 25.1 Å². The Labute approximate surface area is 135 Å². The highest BCUT2D eigenvalue weighted by atomic mass is 16.5. The minimum Gasteiger partial charge on any atom is -0.493 e. The molecular formula is C18H20N2O3. The molecule has 2 aromatic carbocycles. The molecule has 1 aliphatic rings. The average molecular weight is 312 g/mol. The van der Waals surface area contributed by atoms with E-state index in [0.717, 1.165) is 17.7 Å². The molecular weight excluding hydrogens is 292 g/mol. The number of fused-ring (bicyclic) bond motifs is 1. The molecule has 2 N–H and O–H groups in total. The van der Waals surface area contributed by atoms with E-state index in [4.69, 9.17) is 15.2 Å². The highest BCUT2D eigenvalue weighted by Crippen LogP contribution is 2.36. The third kappa shape index (κ3) is 2.59. The maximum absolute atomic E-state index is 13.0. The topological polar surface area (TPSA) is 64.8 Å². The van der Waals surface area contributed by atoms with Crippen molar-refractivity contribution in [2.24, 2.45) is 0 Å². The van der Waals surface area contributed by atoms with Crippen molar-refractivity contribution in [2.45, 2.75) is 19.4 Å². The predicted molar refractivity (Wildman–Crippen MR) is 90.4 cm³/mol. The molecule has 0 unspecified atom stereocenters. The molecule has 0 fully saturated rings. The van der Waals surface area contributed by atoms with Gasteiger partial charge in [-0.25, -0.2) is 0 Å². The van der Waals surface area contributed by atoms with Gasteiger partial charge in [0.2, 0.25) is 0 Å². The van der Waals surface area contributed by atoms with Crippen LogP contribution in [-0.4, -0.2) is 26.2 Å². The number of nitrogens with two attached hydrogens (primary N) is 1. The van der Waals surface area contributed by atoms with Crippen LogP contribution >= 0.6 is 0 Å². The Morgan fingerprint density at radius 2 is 1.87 bits per heavy atom. The molecule has 5 nitrogen and oxygen atoms in total. The lowest BCUT2D eigenvalue weighted by molar-refractivity contribution is 0.0981. The van der Waals surface area contributed by atoms with E-state index in [1.165, 1.54) is 0 Å². The fourth-order valence-corrected chi connectivity index (χ4v) is 3.04. The highest BCUT2D eigenvalue weighted by molar-refractivity contribution is 6.08. The van der Waals surface area contributed by atoms with Crippen LogP contribution in [-0.2, 0) is 6.42 Å². The third-order valence-corrected chi connectivity index (χ3v) is 4.17. The molecule has 1 aliphatic heterocycles. The zero-order valence-electron chi connectivity index (χ0n) is 13.5. The van der Waals surface area contributed by atoms with E-state index < -0.39 is 0 Å². The number of hydrogen-bond acceptors (Lipinski definition) is 4. The van der Waals surface area contributed by atoms with Gasteiger partial charge in [-0.1, -0.05) is 6.07 Å². The Morgan fingerprint density at radius 1 is 1.13 bits per heavy atom. The number of ether oxygens (including phenoxy) is 2. The standard InChI is InChI=1S/C18H20N2O3/c1-11-8-12-4-6-14(19)10-15(12)20(11)18(21)13-5-7-16(22-2)17(9-13)23-3/h4-7,9-11H,8,19H2,1-3H3/t11-/m0/s1. The fraction of sp³-hybridized carbons (Fsp3) is 0.278. The van der Waals surface area contributed by atoms with Gasteiger partial charge >= 0.3 is 0 Å². The summed E-state index contributed by atoms with van der Waals surface area (Å²) in [5.41, 5.74) is 9.13. The number of anilines is 2. The Bertz CT molecular complexity index is 758. The maximum Gasteiger partial charge on any atom is 0.258 e. The van der Waals surface area contributed by atoms with Gasteiger partial charge in [-0.2, -0.15) is 0 Å². The molecule has 1 atom stereocenters. The minimum absolute atomic E-state index is 0.0668. The summed E-state index contributed by atoms with van der Waals surface area (Å²) < 4.78 is 10.5. The smallest absolute Gasteiger partial charge is 0.258 e. The van der Waals surface area contributed by atoms with E-state index in [-0.39, 0.29) is 11.9 Å². The van der Waals surface area contributed by atoms with E-state index in [1.54, 1.807) is 37.3 Å². The van der Waals surface area contributed by atoms with E-state index in [0.29, 0.717) is 22.7 Å². The summed E-state index contributed by atoms with van der Waals surface area (Å²) in [5, 5.41) is 0. The van der Waals surface area contributed by atoms with Gasteiger partial charge in [0.05, 0.1) is 14.2 Å². The highest BCUT2D eigenvalue weighted by Gasteiger charge is 2.32. The van der Waals surface area contributed by atoms with Crippen molar-refractivity contribution in [1.82, 2.24) is 0 Å². The number of nitrogen functional groups attached to an aromatic ring is 1. The normalized spacial score (nSPS) is 16.1. The molecule has 0 aromatic heterocycles. The van der Waals surface area contributed by atoms with Crippen molar-refractivity contribution in [3.8, 4) is 11.5 Å². The molecule has 0 radical (unpaired) electrons. The quantitative estimate of drug-likeness (QED) is 0.885. The van der Waals surface area contributed by atoms with Crippen LogP contribution in [0.5, 0.6) is 11.5 Å². The Hall–Kier alpha value is -2.69. The molecule has 1 heterocycles. The van der Waals surface area contributed by atoms with Crippen molar-refractivity contribution >= 4 is 17.3 Å². The molecule has 1 amide bonds. The Balaban J connectivity index is 2.00. The zero-order valence-corrected chi connectivity index (χ0v) is 13.5. The predicted octanol–water partition coefficient (Wildman–Crippen LogP) is 2.88. The van der Waals surface area contributed by atoms with E-state index >= 15 is 0 Å². The maximum atomic E-state index is 13.0. The second kappa shape index (κ2) is 5.83. The van der Waals surface area contributed by atoms with E-state index in [2.05, 4.69) is 0 Å². The first-order valence-corrected chi connectivity index (χ1v) is 7.49. The van der Waals surface area contributed by atoms with Gasteiger partial charge in [0.1, 0.15) is 0 Å². The molecule has 120 valence electrons. The zero-order chi connectivity index (χ0) is 16.6. The van der Waals surface area contributed by atoms with Gasteiger partial charge in [-0.15, -0.1) is 0 Å². The monoisotopic (exact) mass is 312 g/mol. The van der Waals surface area contributed by atoms with Crippen molar-refractivity contribution in [3.63, 3.8) is 0 Å². The van der Waals surface area contributed by atoms with Crippen LogP contribution in [0.4, 0.5) is 11.4 Å². The van der Waals surface area contributed by atoms with Crippen molar-refractivity contribution < 1.29 is 14.3 Å². The number of benzene rings is 2. The summed E-state index contributed by atoms with van der Waals surface area (Å²) in [6.07, 6.45) is 0.828. The van der Waals surface area contributed by atoms with Gasteiger partial charge in [-0.3, -0.25) is 4.79 Å². The van der Waals surface area contributed by atoms with Crippen LogP contribution in [0, 0.1) is 0 Å². The van der Waals surface area contributed by atoms with Crippen molar-refractivity contribution in [1.29, 1.82) is 0 Å². The molecule has 0 saturated carbocycles. The average Bonchev–Trinajstić information content (AvgIpc) is 2.88. The number of nitrogens with zero attached hydrogens (tertiary/aromatic N) is 1. The fourth-order valence-electron chi connectivity index (χ4n) is 3.04. The molecule has 5 heteroatoms. The van der Waals surface area contributed by atoms with Crippen LogP contribution in [0.3, 0.4) is 0 Å². The lowest BCUT2D eigenvalue weighted by Crippen LogP contribution is -2.35. The largest absolute Gasteiger partial charge is 0.493 e. The summed E-state index contributed by atoms with van der Waals surface area (Å²) in [6.45, 7) is 2.04. The van der Waals surface area contributed by atoms with Gasteiger partial charge < -0.3 is 20.1 Å². The van der Waals surface area contributed by atoms with Gasteiger partial charge in [0.25, 0.3) is 5.91 Å². The number of carbonyl (C=O) groups excluding carboxylic acids is 1. The lowest BCUT2D eigenvalue weighted by Gasteiger charge is -2.23. The number of hydrogen-bond donors (Lipinski definition) is 1. The van der Waals surface area contributed by atoms with Gasteiger partial charge in [0, 0.05) is 23.0 Å². The molecule has 23 heavy (non-hydrogen) atoms. The number of rotatable bonds is 3. The summed E-state index contributed by atoms with van der Waals surface area (Å²) in [7, 11) is 3.13. The van der Waals surface area contributed by atoms with Gasteiger partial charge in [0.15, 0.2) is 11.5 Å². The Kier molecular flexibility index (Phi) is 3.86. The van der Waals surface area contributed by atoms with Crippen molar-refractivity contribution in [2.75, 3.05) is 24.9 Å². The molecule has 0 saturated heterocycles. The van der Waals surface area contributed by atoms with Crippen LogP contribution in [0.1, 0.15) is 22.8 Å². The summed E-state index contributed by atoms with van der Waals surface area (Å²) in [6, 6.07) is 11.0. The molecule has 0 spiro atoms. The molecule has 0 bridgehead atoms.